The Morgan fingerprint density at radius 3 is 2.30 bits per heavy atom. The highest BCUT2D eigenvalue weighted by Gasteiger charge is 2.32. The quantitative estimate of drug-likeness (QED) is 0.0917. The molecule has 0 aliphatic carbocycles. The Morgan fingerprint density at radius 1 is 0.815 bits per heavy atom. The van der Waals surface area contributed by atoms with Crippen molar-refractivity contribution in [1.29, 1.82) is 0 Å². The topological polar surface area (TPSA) is 137 Å². The Kier molecular flexibility index (Phi) is 11.7. The van der Waals surface area contributed by atoms with Crippen molar-refractivity contribution < 1.29 is 37.0 Å². The van der Waals surface area contributed by atoms with Crippen molar-refractivity contribution >= 4 is 39.0 Å². The predicted molar refractivity (Wildman–Crippen MR) is 209 cm³/mol. The first kappa shape index (κ1) is 38.4. The normalized spacial score (nSPS) is 13.0. The number of amides is 2. The van der Waals surface area contributed by atoms with Crippen molar-refractivity contribution in [2.45, 2.75) is 50.5 Å². The molecule has 2 N–H and O–H groups in total. The molecule has 0 saturated carbocycles. The number of rotatable bonds is 13. The average molecular weight is 767 g/mol. The minimum absolute atomic E-state index is 0.174. The number of hydrogen-bond acceptors (Lipinski definition) is 9. The molecule has 1 aromatic heterocycles. The summed E-state index contributed by atoms with van der Waals surface area (Å²) in [6.07, 6.45) is -0.500. The molecule has 4 aromatic carbocycles. The van der Waals surface area contributed by atoms with Gasteiger partial charge in [-0.1, -0.05) is 66.2 Å². The second-order valence-corrected chi connectivity index (χ2v) is 16.9. The average Bonchev–Trinajstić information content (AvgIpc) is 3.56. The van der Waals surface area contributed by atoms with Crippen LogP contribution in [0.25, 0.3) is 21.6 Å². The monoisotopic (exact) mass is 766 g/mol. The van der Waals surface area contributed by atoms with Gasteiger partial charge in [-0.25, -0.2) is 13.2 Å². The van der Waals surface area contributed by atoms with Crippen molar-refractivity contribution in [1.82, 2.24) is 10.6 Å². The fourth-order valence-electron chi connectivity index (χ4n) is 5.92. The van der Waals surface area contributed by atoms with E-state index in [-0.39, 0.29) is 28.9 Å². The van der Waals surface area contributed by atoms with Crippen LogP contribution in [-0.4, -0.2) is 58.2 Å². The largest absolute Gasteiger partial charge is 0.491 e. The predicted octanol–water partition coefficient (Wildman–Crippen LogP) is 7.76. The van der Waals surface area contributed by atoms with Crippen molar-refractivity contribution in [3.05, 3.63) is 130 Å². The van der Waals surface area contributed by atoms with E-state index in [1.54, 1.807) is 81.4 Å². The summed E-state index contributed by atoms with van der Waals surface area (Å²) in [5.41, 5.74) is 4.76. The smallest absolute Gasteiger partial charge is 0.407 e. The lowest BCUT2D eigenvalue weighted by Crippen LogP contribution is -2.34. The lowest BCUT2D eigenvalue weighted by atomic mass is 9.93. The van der Waals surface area contributed by atoms with Gasteiger partial charge in [0.25, 0.3) is 5.91 Å². The van der Waals surface area contributed by atoms with Crippen LogP contribution in [0.15, 0.2) is 102 Å². The van der Waals surface area contributed by atoms with Gasteiger partial charge < -0.3 is 24.8 Å². The van der Waals surface area contributed by atoms with Crippen LogP contribution in [0.2, 0.25) is 0 Å². The van der Waals surface area contributed by atoms with E-state index in [0.29, 0.717) is 70.3 Å². The summed E-state index contributed by atoms with van der Waals surface area (Å²) in [6.45, 7) is 8.94. The van der Waals surface area contributed by atoms with Gasteiger partial charge in [0, 0.05) is 34.7 Å². The van der Waals surface area contributed by atoms with E-state index in [2.05, 4.69) is 10.6 Å². The minimum Gasteiger partial charge on any atom is -0.491 e. The molecule has 12 heteroatoms. The maximum absolute atomic E-state index is 13.8. The number of carbonyl (C=O) groups excluding carboxylic acids is 3. The second-order valence-electron chi connectivity index (χ2n) is 13.9. The van der Waals surface area contributed by atoms with E-state index < -0.39 is 21.5 Å². The molecule has 1 aliphatic rings. The molecule has 280 valence electrons. The first-order chi connectivity index (χ1) is 25.8. The molecule has 0 bridgehead atoms. The van der Waals surface area contributed by atoms with E-state index in [1.165, 1.54) is 11.3 Å². The molecule has 10 nitrogen and oxygen atoms in total. The molecular formula is C42H42N2O8S2. The standard InChI is InChI=1S/C42H42N2O8S2/c1-27-9-11-28(12-10-27)25-44-40(46)36-23-31-26-54(48,49)37-24-30(15-18-35(37)39(31)53-36)33-7-5-6-8-34(33)38(45)29-13-16-32(17-14-29)51-22-21-50-20-19-43-41(47)52-42(2,3)4/h5-18,23-24H,19-22,25-26H2,1-4H3,(H,43,47)(H,44,46). The van der Waals surface area contributed by atoms with E-state index in [0.717, 1.165) is 16.0 Å². The van der Waals surface area contributed by atoms with Gasteiger partial charge in [0.15, 0.2) is 15.6 Å². The van der Waals surface area contributed by atoms with Gasteiger partial charge >= 0.3 is 6.09 Å². The van der Waals surface area contributed by atoms with Crippen LogP contribution < -0.4 is 15.4 Å². The van der Waals surface area contributed by atoms with Crippen LogP contribution in [0.1, 0.15) is 63.1 Å². The summed E-state index contributed by atoms with van der Waals surface area (Å²) in [5, 5.41) is 5.57. The summed E-state index contributed by atoms with van der Waals surface area (Å²) in [5.74, 6) is -0.129. The molecule has 5 aromatic rings. The summed E-state index contributed by atoms with van der Waals surface area (Å²) in [4.78, 5) is 39.9. The van der Waals surface area contributed by atoms with E-state index >= 15 is 0 Å². The summed E-state index contributed by atoms with van der Waals surface area (Å²) >= 11 is 1.28. The van der Waals surface area contributed by atoms with Gasteiger partial charge in [0.1, 0.15) is 18.0 Å². The number of nitrogens with one attached hydrogen (secondary N) is 2. The molecule has 0 radical (unpaired) electrons. The number of ether oxygens (including phenoxy) is 3. The number of thiophene rings is 1. The number of aryl methyl sites for hydroxylation is 1. The number of benzene rings is 4. The van der Waals surface area contributed by atoms with Gasteiger partial charge in [-0.05, 0) is 86.3 Å². The van der Waals surface area contributed by atoms with Gasteiger partial charge in [-0.2, -0.15) is 0 Å². The highest BCUT2D eigenvalue weighted by atomic mass is 32.2. The molecule has 0 spiro atoms. The zero-order chi connectivity index (χ0) is 38.5. The third kappa shape index (κ3) is 9.43. The first-order valence-electron chi connectivity index (χ1n) is 17.5. The Labute approximate surface area is 319 Å². The minimum atomic E-state index is -3.73. The van der Waals surface area contributed by atoms with E-state index in [4.69, 9.17) is 14.2 Å². The molecule has 1 aliphatic heterocycles. The summed E-state index contributed by atoms with van der Waals surface area (Å²) in [7, 11) is -3.73. The Balaban J connectivity index is 1.10. The van der Waals surface area contributed by atoms with Crippen LogP contribution in [-0.2, 0) is 31.6 Å². The van der Waals surface area contributed by atoms with Gasteiger partial charge in [-0.15, -0.1) is 11.3 Å². The molecule has 0 unspecified atom stereocenters. The van der Waals surface area contributed by atoms with Crippen molar-refractivity contribution in [2.24, 2.45) is 0 Å². The number of ketones is 1. The fourth-order valence-corrected chi connectivity index (χ4v) is 8.82. The Hall–Kier alpha value is -5.30. The van der Waals surface area contributed by atoms with Crippen LogP contribution in [0, 0.1) is 6.92 Å². The van der Waals surface area contributed by atoms with Crippen LogP contribution >= 0.6 is 11.3 Å². The maximum Gasteiger partial charge on any atom is 0.407 e. The summed E-state index contributed by atoms with van der Waals surface area (Å²) < 4.78 is 43.7. The highest BCUT2D eigenvalue weighted by Crippen LogP contribution is 2.44. The first-order valence-corrected chi connectivity index (χ1v) is 20.0. The number of carbonyl (C=O) groups is 3. The molecule has 0 fully saturated rings. The van der Waals surface area contributed by atoms with Crippen LogP contribution in [0.4, 0.5) is 4.79 Å². The molecule has 54 heavy (non-hydrogen) atoms. The fraction of sp³-hybridized carbons (Fsp3) is 0.262. The zero-order valence-electron chi connectivity index (χ0n) is 30.6. The number of fused-ring (bicyclic) bond motifs is 3. The summed E-state index contributed by atoms with van der Waals surface area (Å²) in [6, 6.07) is 28.7. The maximum atomic E-state index is 13.8. The molecular weight excluding hydrogens is 725 g/mol. The van der Waals surface area contributed by atoms with E-state index in [1.807, 2.05) is 43.3 Å². The Bertz CT molecular complexity index is 2270. The second kappa shape index (κ2) is 16.4. The molecule has 6 rings (SSSR count). The highest BCUT2D eigenvalue weighted by molar-refractivity contribution is 7.91. The van der Waals surface area contributed by atoms with E-state index in [9.17, 15) is 22.8 Å². The third-order valence-corrected chi connectivity index (χ3v) is 11.4. The number of sulfone groups is 1. The lowest BCUT2D eigenvalue weighted by Gasteiger charge is -2.19. The third-order valence-electron chi connectivity index (χ3n) is 8.52. The van der Waals surface area contributed by atoms with Gasteiger partial charge in [0.05, 0.1) is 28.7 Å². The Morgan fingerprint density at radius 2 is 1.56 bits per heavy atom. The van der Waals surface area contributed by atoms with Crippen molar-refractivity contribution in [3.8, 4) is 27.3 Å². The van der Waals surface area contributed by atoms with Crippen LogP contribution in [0.5, 0.6) is 5.75 Å². The molecule has 2 heterocycles. The molecule has 0 atom stereocenters. The molecule has 0 saturated heterocycles. The van der Waals surface area contributed by atoms with Crippen LogP contribution in [0.3, 0.4) is 0 Å². The number of hydrogen-bond donors (Lipinski definition) is 2. The zero-order valence-corrected chi connectivity index (χ0v) is 32.2. The van der Waals surface area contributed by atoms with Gasteiger partial charge in [0.2, 0.25) is 0 Å². The van der Waals surface area contributed by atoms with Gasteiger partial charge in [-0.3, -0.25) is 9.59 Å². The lowest BCUT2D eigenvalue weighted by molar-refractivity contribution is 0.0488. The molecule has 2 amide bonds. The SMILES string of the molecule is Cc1ccc(CNC(=O)c2cc3c(s2)-c2ccc(-c4ccccc4C(=O)c4ccc(OCCOCCNC(=O)OC(C)(C)C)cc4)cc2S(=O)(=O)C3)cc1. The van der Waals surface area contributed by atoms with Crippen molar-refractivity contribution in [2.75, 3.05) is 26.4 Å². The van der Waals surface area contributed by atoms with Crippen molar-refractivity contribution in [3.63, 3.8) is 0 Å². The number of alkyl carbamates (subject to hydrolysis) is 1.